The van der Waals surface area contributed by atoms with Crippen molar-refractivity contribution in [2.45, 2.75) is 26.8 Å². The largest absolute Gasteiger partial charge is 0.482 e. The van der Waals surface area contributed by atoms with Crippen LogP contribution in [-0.2, 0) is 4.79 Å². The molecule has 0 aliphatic carbocycles. The molecule has 1 amide bonds. The van der Waals surface area contributed by atoms with Crippen LogP contribution in [0.2, 0.25) is 0 Å². The molecule has 28 heavy (non-hydrogen) atoms. The summed E-state index contributed by atoms with van der Waals surface area (Å²) in [6.07, 6.45) is 1.43. The van der Waals surface area contributed by atoms with E-state index < -0.39 is 6.04 Å². The number of Topliss-reactive ketones (excluding diaryl/α,β-unsaturated/α-hetero) is 1. The Bertz CT molecular complexity index is 1190. The molecule has 0 saturated heterocycles. The fraction of sp³-hybridized carbons (Fsp3) is 0.300. The second-order valence-corrected chi connectivity index (χ2v) is 8.09. The van der Waals surface area contributed by atoms with Crippen molar-refractivity contribution in [2.75, 3.05) is 18.6 Å². The lowest BCUT2D eigenvalue weighted by Gasteiger charge is -2.26. The monoisotopic (exact) mass is 397 g/mol. The third-order valence-corrected chi connectivity index (χ3v) is 6.36. The van der Waals surface area contributed by atoms with Crippen molar-refractivity contribution in [2.24, 2.45) is 0 Å². The Labute approximate surface area is 165 Å². The van der Waals surface area contributed by atoms with E-state index >= 15 is 0 Å². The highest BCUT2D eigenvalue weighted by atomic mass is 32.1. The molecule has 8 heteroatoms. The molecule has 7 nitrogen and oxygen atoms in total. The molecule has 2 aromatic heterocycles. The molecule has 0 spiro atoms. The van der Waals surface area contributed by atoms with Crippen molar-refractivity contribution < 1.29 is 14.3 Å². The highest BCUT2D eigenvalue weighted by Gasteiger charge is 2.26. The van der Waals surface area contributed by atoms with Crippen LogP contribution >= 0.6 is 11.3 Å². The van der Waals surface area contributed by atoms with Gasteiger partial charge in [-0.2, -0.15) is 0 Å². The average molecular weight is 397 g/mol. The third kappa shape index (κ3) is 2.72. The maximum atomic E-state index is 13.1. The van der Waals surface area contributed by atoms with E-state index in [1.807, 2.05) is 13.8 Å². The number of carbonyl (C=O) groups is 2. The van der Waals surface area contributed by atoms with Crippen molar-refractivity contribution in [3.8, 4) is 5.75 Å². The summed E-state index contributed by atoms with van der Waals surface area (Å²) < 4.78 is 6.77. The zero-order valence-corrected chi connectivity index (χ0v) is 16.8. The van der Waals surface area contributed by atoms with E-state index in [2.05, 4.69) is 4.98 Å². The number of fused-ring (bicyclic) bond motifs is 2. The summed E-state index contributed by atoms with van der Waals surface area (Å²) in [4.78, 5) is 45.5. The molecular weight excluding hydrogens is 378 g/mol. The second-order valence-electron chi connectivity index (χ2n) is 6.88. The number of likely N-dealkylation sites (N-methyl/N-ethyl adjacent to an activating group) is 1. The molecule has 1 unspecified atom stereocenters. The minimum absolute atomic E-state index is 0.0202. The lowest BCUT2D eigenvalue weighted by Crippen LogP contribution is -2.35. The normalized spacial score (nSPS) is 14.7. The number of ether oxygens (including phenoxy) is 1. The Morgan fingerprint density at radius 2 is 2.04 bits per heavy atom. The van der Waals surface area contributed by atoms with Crippen LogP contribution in [0.1, 0.15) is 33.8 Å². The first-order chi connectivity index (χ1) is 13.3. The fourth-order valence-corrected chi connectivity index (χ4v) is 4.30. The standard InChI is InChI=1S/C20H19N3O4S/c1-10-12(3)28-19-17(10)20(26)23(9-21-19)11(2)18(25)13-5-6-15-14(7-13)22(4)16(24)8-27-15/h5-7,9,11H,8H2,1-4H3. The number of anilines is 1. The molecule has 144 valence electrons. The molecule has 0 bridgehead atoms. The van der Waals surface area contributed by atoms with Gasteiger partial charge >= 0.3 is 0 Å². The summed E-state index contributed by atoms with van der Waals surface area (Å²) in [5.41, 5.74) is 1.63. The summed E-state index contributed by atoms with van der Waals surface area (Å²) in [5, 5.41) is 0.564. The van der Waals surface area contributed by atoms with Crippen LogP contribution < -0.4 is 15.2 Å². The molecule has 3 heterocycles. The molecule has 0 radical (unpaired) electrons. The number of nitrogens with zero attached hydrogens (tertiary/aromatic N) is 3. The van der Waals surface area contributed by atoms with Crippen LogP contribution in [0.15, 0.2) is 29.3 Å². The van der Waals surface area contributed by atoms with Crippen molar-refractivity contribution >= 4 is 38.9 Å². The smallest absolute Gasteiger partial charge is 0.264 e. The minimum atomic E-state index is -0.729. The molecule has 4 rings (SSSR count). The lowest BCUT2D eigenvalue weighted by molar-refractivity contribution is -0.120. The maximum absolute atomic E-state index is 13.1. The summed E-state index contributed by atoms with van der Waals surface area (Å²) in [6, 6.07) is 4.22. The number of hydrogen-bond donors (Lipinski definition) is 0. The van der Waals surface area contributed by atoms with Gasteiger partial charge in [0, 0.05) is 17.5 Å². The first-order valence-corrected chi connectivity index (χ1v) is 9.65. The average Bonchev–Trinajstić information content (AvgIpc) is 2.98. The van der Waals surface area contributed by atoms with Crippen molar-refractivity contribution in [3.63, 3.8) is 0 Å². The van der Waals surface area contributed by atoms with E-state index in [9.17, 15) is 14.4 Å². The number of hydrogen-bond acceptors (Lipinski definition) is 6. The topological polar surface area (TPSA) is 81.5 Å². The van der Waals surface area contributed by atoms with Gasteiger partial charge in [-0.3, -0.25) is 19.0 Å². The summed E-state index contributed by atoms with van der Waals surface area (Å²) >= 11 is 1.47. The number of carbonyl (C=O) groups excluding carboxylic acids is 2. The van der Waals surface area contributed by atoms with Crippen LogP contribution in [0.5, 0.6) is 5.75 Å². The van der Waals surface area contributed by atoms with E-state index in [1.165, 1.54) is 27.1 Å². The van der Waals surface area contributed by atoms with Crippen molar-refractivity contribution in [3.05, 3.63) is 50.9 Å². The van der Waals surface area contributed by atoms with E-state index in [0.29, 0.717) is 27.2 Å². The molecule has 1 aliphatic heterocycles. The fourth-order valence-electron chi connectivity index (χ4n) is 3.32. The summed E-state index contributed by atoms with van der Waals surface area (Å²) in [7, 11) is 1.64. The number of benzene rings is 1. The zero-order chi connectivity index (χ0) is 20.2. The summed E-state index contributed by atoms with van der Waals surface area (Å²) in [5.74, 6) is 0.136. The Kier molecular flexibility index (Phi) is 4.30. The predicted molar refractivity (Wildman–Crippen MR) is 108 cm³/mol. The minimum Gasteiger partial charge on any atom is -0.482 e. The second kappa shape index (κ2) is 6.56. The highest BCUT2D eigenvalue weighted by Crippen LogP contribution is 2.33. The first kappa shape index (κ1) is 18.4. The van der Waals surface area contributed by atoms with Gasteiger partial charge in [0.1, 0.15) is 10.6 Å². The lowest BCUT2D eigenvalue weighted by atomic mass is 10.0. The number of ketones is 1. The van der Waals surface area contributed by atoms with E-state index in [1.54, 1.807) is 32.2 Å². The molecule has 3 aromatic rings. The molecule has 0 N–H and O–H groups in total. The molecule has 1 aliphatic rings. The Morgan fingerprint density at radius 1 is 1.29 bits per heavy atom. The number of aromatic nitrogens is 2. The quantitative estimate of drug-likeness (QED) is 0.635. The molecule has 0 fully saturated rings. The van der Waals surface area contributed by atoms with Crippen LogP contribution in [0.25, 0.3) is 10.2 Å². The number of amides is 1. The van der Waals surface area contributed by atoms with Crippen LogP contribution in [-0.4, -0.2) is 34.9 Å². The molecule has 1 aromatic carbocycles. The van der Waals surface area contributed by atoms with Gasteiger partial charge in [-0.25, -0.2) is 4.98 Å². The Balaban J connectivity index is 1.74. The van der Waals surface area contributed by atoms with Gasteiger partial charge in [0.05, 0.1) is 23.4 Å². The predicted octanol–water partition coefficient (Wildman–Crippen LogP) is 2.87. The first-order valence-electron chi connectivity index (χ1n) is 8.84. The maximum Gasteiger partial charge on any atom is 0.264 e. The highest BCUT2D eigenvalue weighted by molar-refractivity contribution is 7.18. The van der Waals surface area contributed by atoms with Gasteiger partial charge in [0.25, 0.3) is 11.5 Å². The Hall–Kier alpha value is -3.00. The summed E-state index contributed by atoms with van der Waals surface area (Å²) in [6.45, 7) is 5.50. The van der Waals surface area contributed by atoms with E-state index in [4.69, 9.17) is 4.74 Å². The van der Waals surface area contributed by atoms with Gasteiger partial charge in [0.15, 0.2) is 12.4 Å². The van der Waals surface area contributed by atoms with Gasteiger partial charge in [-0.05, 0) is 44.5 Å². The van der Waals surface area contributed by atoms with Gasteiger partial charge in [-0.1, -0.05) is 0 Å². The van der Waals surface area contributed by atoms with Gasteiger partial charge < -0.3 is 9.64 Å². The molecule has 1 atom stereocenters. The number of thiophene rings is 1. The molecule has 0 saturated carbocycles. The van der Waals surface area contributed by atoms with Crippen molar-refractivity contribution in [1.82, 2.24) is 9.55 Å². The van der Waals surface area contributed by atoms with Gasteiger partial charge in [0.2, 0.25) is 0 Å². The van der Waals surface area contributed by atoms with Crippen LogP contribution in [0.3, 0.4) is 0 Å². The van der Waals surface area contributed by atoms with Crippen LogP contribution in [0.4, 0.5) is 5.69 Å². The third-order valence-electron chi connectivity index (χ3n) is 5.24. The number of aryl methyl sites for hydroxylation is 2. The SMILES string of the molecule is Cc1sc2ncn(C(C)C(=O)c3ccc4c(c3)N(C)C(=O)CO4)c(=O)c2c1C. The van der Waals surface area contributed by atoms with Gasteiger partial charge in [-0.15, -0.1) is 11.3 Å². The van der Waals surface area contributed by atoms with E-state index in [-0.39, 0.29) is 23.9 Å². The number of rotatable bonds is 3. The zero-order valence-electron chi connectivity index (χ0n) is 16.0. The van der Waals surface area contributed by atoms with Crippen LogP contribution in [0, 0.1) is 13.8 Å². The van der Waals surface area contributed by atoms with E-state index in [0.717, 1.165) is 10.4 Å². The van der Waals surface area contributed by atoms with Crippen molar-refractivity contribution in [1.29, 1.82) is 0 Å². The Morgan fingerprint density at radius 3 is 2.79 bits per heavy atom. The molecular formula is C20H19N3O4S.